The van der Waals surface area contributed by atoms with Gasteiger partial charge < -0.3 is 14.2 Å². The van der Waals surface area contributed by atoms with Crippen LogP contribution in [0.2, 0.25) is 0 Å². The highest BCUT2D eigenvalue weighted by Gasteiger charge is 2.16. The van der Waals surface area contributed by atoms with E-state index in [0.717, 1.165) is 10.8 Å². The van der Waals surface area contributed by atoms with Gasteiger partial charge in [0.15, 0.2) is 11.5 Å². The van der Waals surface area contributed by atoms with Crippen LogP contribution in [0.4, 0.5) is 5.13 Å². The summed E-state index contributed by atoms with van der Waals surface area (Å²) in [4.78, 5) is 12.6. The van der Waals surface area contributed by atoms with Crippen LogP contribution >= 0.6 is 27.3 Å². The molecule has 0 aliphatic rings. The van der Waals surface area contributed by atoms with Gasteiger partial charge in [-0.3, -0.25) is 10.1 Å². The Morgan fingerprint density at radius 2 is 1.91 bits per heavy atom. The number of anilines is 1. The Kier molecular flexibility index (Phi) is 9.64. The maximum Gasteiger partial charge on any atom is 0.268 e. The number of amides is 1. The smallest absolute Gasteiger partial charge is 0.268 e. The highest BCUT2D eigenvalue weighted by atomic mass is 79.9. The molecule has 3 aromatic rings. The fraction of sp³-hybridized carbons (Fsp3) is 0.280. The zero-order valence-corrected chi connectivity index (χ0v) is 22.0. The maximum absolute atomic E-state index is 12.6. The summed E-state index contributed by atoms with van der Waals surface area (Å²) in [6.07, 6.45) is 1.48. The molecule has 1 amide bonds. The molecule has 0 spiro atoms. The molecule has 0 radical (unpaired) electrons. The summed E-state index contributed by atoms with van der Waals surface area (Å²) in [6, 6.07) is 14.9. The number of nitrogens with zero attached hydrogens (tertiary/aromatic N) is 3. The first-order chi connectivity index (χ1) is 16.9. The Labute approximate surface area is 216 Å². The molecule has 1 aromatic heterocycles. The summed E-state index contributed by atoms with van der Waals surface area (Å²) in [5, 5.41) is 21.4. The van der Waals surface area contributed by atoms with E-state index in [-0.39, 0.29) is 11.5 Å². The lowest BCUT2D eigenvalue weighted by Gasteiger charge is -2.15. The Bertz CT molecular complexity index is 1220. The summed E-state index contributed by atoms with van der Waals surface area (Å²) in [6.45, 7) is 6.91. The molecule has 3 rings (SSSR count). The molecule has 8 nitrogen and oxygen atoms in total. The number of nitrogens with one attached hydrogen (secondary N) is 1. The van der Waals surface area contributed by atoms with Crippen LogP contribution in [0.5, 0.6) is 17.2 Å². The van der Waals surface area contributed by atoms with Gasteiger partial charge in [-0.05, 0) is 58.8 Å². The van der Waals surface area contributed by atoms with Crippen LogP contribution in [0.1, 0.15) is 37.3 Å². The zero-order chi connectivity index (χ0) is 25.2. The summed E-state index contributed by atoms with van der Waals surface area (Å²) in [5.74, 6) is 1.39. The average molecular weight is 557 g/mol. The van der Waals surface area contributed by atoms with Crippen molar-refractivity contribution in [3.05, 3.63) is 63.1 Å². The van der Waals surface area contributed by atoms with Crippen molar-refractivity contribution in [3.63, 3.8) is 0 Å². The van der Waals surface area contributed by atoms with Crippen LogP contribution in [-0.4, -0.2) is 35.9 Å². The number of hydrogen-bond donors (Lipinski definition) is 1. The molecule has 35 heavy (non-hydrogen) atoms. The van der Waals surface area contributed by atoms with Gasteiger partial charge in [0, 0.05) is 5.92 Å². The zero-order valence-electron chi connectivity index (χ0n) is 19.6. The van der Waals surface area contributed by atoms with E-state index in [0.29, 0.717) is 46.5 Å². The van der Waals surface area contributed by atoms with E-state index in [9.17, 15) is 10.1 Å². The highest BCUT2D eigenvalue weighted by molar-refractivity contribution is 9.10. The van der Waals surface area contributed by atoms with Gasteiger partial charge in [-0.2, -0.15) is 5.26 Å². The molecule has 0 saturated heterocycles. The first-order valence-electron chi connectivity index (χ1n) is 10.9. The summed E-state index contributed by atoms with van der Waals surface area (Å²) in [5.41, 5.74) is 0.519. The standard InChI is InChI=1S/C25H25BrN4O4S/c1-4-32-21-14-17(12-18(15-27)23(31)28-25-30-29-24(35-25)16(2)3)13-20(26)22(21)34-11-10-33-19-8-6-5-7-9-19/h5-9,12-14,16H,4,10-11H2,1-3H3,(H,28,30,31)/b18-12-. The van der Waals surface area contributed by atoms with Crippen LogP contribution < -0.4 is 19.5 Å². The third-order valence-corrected chi connectivity index (χ3v) is 6.23. The summed E-state index contributed by atoms with van der Waals surface area (Å²) >= 11 is 4.79. The predicted octanol–water partition coefficient (Wildman–Crippen LogP) is 5.83. The Morgan fingerprint density at radius 1 is 1.17 bits per heavy atom. The fourth-order valence-corrected chi connectivity index (χ4v) is 4.21. The van der Waals surface area contributed by atoms with Crippen molar-refractivity contribution in [2.75, 3.05) is 25.1 Å². The van der Waals surface area contributed by atoms with E-state index in [1.807, 2.05) is 57.2 Å². The number of carbonyl (C=O) groups is 1. The number of rotatable bonds is 11. The lowest BCUT2D eigenvalue weighted by atomic mass is 10.1. The number of carbonyl (C=O) groups excluding carboxylic acids is 1. The summed E-state index contributed by atoms with van der Waals surface area (Å²) < 4.78 is 17.9. The molecule has 10 heteroatoms. The lowest BCUT2D eigenvalue weighted by Crippen LogP contribution is -2.13. The quantitative estimate of drug-likeness (QED) is 0.180. The minimum absolute atomic E-state index is 0.0782. The topological polar surface area (TPSA) is 106 Å². The van der Waals surface area contributed by atoms with Gasteiger partial charge in [-0.15, -0.1) is 10.2 Å². The third kappa shape index (κ3) is 7.53. The molecule has 0 unspecified atom stereocenters. The molecule has 0 fully saturated rings. The van der Waals surface area contributed by atoms with Gasteiger partial charge in [-0.25, -0.2) is 0 Å². The van der Waals surface area contributed by atoms with Crippen LogP contribution in [-0.2, 0) is 4.79 Å². The van der Waals surface area contributed by atoms with Crippen molar-refractivity contribution in [2.24, 2.45) is 0 Å². The van der Waals surface area contributed by atoms with E-state index in [1.54, 1.807) is 12.1 Å². The van der Waals surface area contributed by atoms with E-state index < -0.39 is 5.91 Å². The first-order valence-corrected chi connectivity index (χ1v) is 12.6. The number of aromatic nitrogens is 2. The predicted molar refractivity (Wildman–Crippen MR) is 139 cm³/mol. The highest BCUT2D eigenvalue weighted by Crippen LogP contribution is 2.37. The van der Waals surface area contributed by atoms with Gasteiger partial charge >= 0.3 is 0 Å². The van der Waals surface area contributed by atoms with Crippen molar-refractivity contribution < 1.29 is 19.0 Å². The SMILES string of the molecule is CCOc1cc(/C=C(/C#N)C(=O)Nc2nnc(C(C)C)s2)cc(Br)c1OCCOc1ccccc1. The van der Waals surface area contributed by atoms with Crippen molar-refractivity contribution in [1.82, 2.24) is 10.2 Å². The van der Waals surface area contributed by atoms with Crippen molar-refractivity contribution in [2.45, 2.75) is 26.7 Å². The second-order valence-electron chi connectivity index (χ2n) is 7.50. The second kappa shape index (κ2) is 12.9. The molecule has 0 atom stereocenters. The monoisotopic (exact) mass is 556 g/mol. The molecule has 2 aromatic carbocycles. The van der Waals surface area contributed by atoms with Crippen LogP contribution in [0, 0.1) is 11.3 Å². The maximum atomic E-state index is 12.6. The summed E-state index contributed by atoms with van der Waals surface area (Å²) in [7, 11) is 0. The Balaban J connectivity index is 1.72. The van der Waals surface area contributed by atoms with Gasteiger partial charge in [-0.1, -0.05) is 43.4 Å². The van der Waals surface area contributed by atoms with E-state index in [2.05, 4.69) is 31.4 Å². The molecule has 1 heterocycles. The minimum Gasteiger partial charge on any atom is -0.490 e. The third-order valence-electron chi connectivity index (χ3n) is 4.50. The molecule has 0 bridgehead atoms. The molecule has 0 aliphatic carbocycles. The lowest BCUT2D eigenvalue weighted by molar-refractivity contribution is -0.112. The van der Waals surface area contributed by atoms with E-state index in [1.165, 1.54) is 17.4 Å². The van der Waals surface area contributed by atoms with Gasteiger partial charge in [0.1, 0.15) is 35.6 Å². The van der Waals surface area contributed by atoms with E-state index in [4.69, 9.17) is 14.2 Å². The van der Waals surface area contributed by atoms with Crippen molar-refractivity contribution in [3.8, 4) is 23.3 Å². The largest absolute Gasteiger partial charge is 0.490 e. The number of nitriles is 1. The molecule has 0 saturated carbocycles. The van der Waals surface area contributed by atoms with Gasteiger partial charge in [0.2, 0.25) is 5.13 Å². The van der Waals surface area contributed by atoms with Crippen LogP contribution in [0.3, 0.4) is 0 Å². The van der Waals surface area contributed by atoms with Crippen LogP contribution in [0.25, 0.3) is 6.08 Å². The molecular formula is C25H25BrN4O4S. The molecule has 1 N–H and O–H groups in total. The Morgan fingerprint density at radius 3 is 2.57 bits per heavy atom. The normalized spacial score (nSPS) is 11.1. The minimum atomic E-state index is -0.563. The Hall–Kier alpha value is -3.42. The number of para-hydroxylation sites is 1. The van der Waals surface area contributed by atoms with Crippen LogP contribution in [0.15, 0.2) is 52.5 Å². The number of hydrogen-bond acceptors (Lipinski definition) is 8. The van der Waals surface area contributed by atoms with Crippen molar-refractivity contribution in [1.29, 1.82) is 5.26 Å². The molecule has 0 aliphatic heterocycles. The van der Waals surface area contributed by atoms with Crippen molar-refractivity contribution >= 4 is 44.4 Å². The number of halogens is 1. The first kappa shape index (κ1) is 26.2. The molecular weight excluding hydrogens is 532 g/mol. The second-order valence-corrected chi connectivity index (χ2v) is 9.36. The molecule has 182 valence electrons. The van der Waals surface area contributed by atoms with E-state index >= 15 is 0 Å². The number of ether oxygens (including phenoxy) is 3. The van der Waals surface area contributed by atoms with Gasteiger partial charge in [0.05, 0.1) is 11.1 Å². The van der Waals surface area contributed by atoms with Gasteiger partial charge in [0.25, 0.3) is 5.91 Å². The average Bonchev–Trinajstić information content (AvgIpc) is 3.31. The number of benzene rings is 2. The fourth-order valence-electron chi connectivity index (χ4n) is 2.89.